The van der Waals surface area contributed by atoms with E-state index in [1.165, 1.54) is 0 Å². The number of nitrogens with zero attached hydrogens (tertiary/aromatic N) is 2. The zero-order valence-corrected chi connectivity index (χ0v) is 16.4. The maximum Gasteiger partial charge on any atom is 0.213 e. The first kappa shape index (κ1) is 20.0. The predicted molar refractivity (Wildman–Crippen MR) is 106 cm³/mol. The molecule has 0 aliphatic carbocycles. The number of aromatic nitrogens is 1. The molecule has 2 rings (SSSR count). The zero-order chi connectivity index (χ0) is 16.5. The first-order valence-corrected chi connectivity index (χ1v) is 7.32. The minimum atomic E-state index is 0. The highest BCUT2D eigenvalue weighted by molar-refractivity contribution is 14.0. The van der Waals surface area contributed by atoms with Gasteiger partial charge in [0.05, 0.1) is 14.2 Å². The molecule has 0 saturated heterocycles. The summed E-state index contributed by atoms with van der Waals surface area (Å²) in [5.41, 5.74) is 2.14. The summed E-state index contributed by atoms with van der Waals surface area (Å²) in [4.78, 5) is 8.31. The summed E-state index contributed by atoms with van der Waals surface area (Å²) in [7, 11) is 5.01. The van der Waals surface area contributed by atoms with Crippen LogP contribution in [0.1, 0.15) is 11.1 Å². The summed E-state index contributed by atoms with van der Waals surface area (Å²) in [6, 6.07) is 11.7. The Hall–Kier alpha value is -2.03. The molecule has 0 amide bonds. The van der Waals surface area contributed by atoms with Gasteiger partial charge in [-0.3, -0.25) is 4.99 Å². The fourth-order valence-electron chi connectivity index (χ4n) is 2.11. The number of benzene rings is 1. The molecule has 0 aliphatic rings. The van der Waals surface area contributed by atoms with E-state index in [0.717, 1.165) is 16.9 Å². The number of ether oxygens (including phenoxy) is 2. The molecule has 130 valence electrons. The van der Waals surface area contributed by atoms with Crippen molar-refractivity contribution in [2.75, 3.05) is 21.3 Å². The largest absolute Gasteiger partial charge is 0.496 e. The average Bonchev–Trinajstić information content (AvgIpc) is 2.62. The van der Waals surface area contributed by atoms with E-state index in [-0.39, 0.29) is 24.0 Å². The summed E-state index contributed by atoms with van der Waals surface area (Å²) in [5.74, 6) is 2.17. The van der Waals surface area contributed by atoms with Crippen molar-refractivity contribution in [3.63, 3.8) is 0 Å². The number of rotatable bonds is 6. The topological polar surface area (TPSA) is 67.8 Å². The van der Waals surface area contributed by atoms with Crippen LogP contribution in [0.3, 0.4) is 0 Å². The van der Waals surface area contributed by atoms with Gasteiger partial charge >= 0.3 is 0 Å². The van der Waals surface area contributed by atoms with Crippen molar-refractivity contribution in [2.24, 2.45) is 4.99 Å². The van der Waals surface area contributed by atoms with E-state index in [0.29, 0.717) is 24.9 Å². The number of pyridine rings is 1. The lowest BCUT2D eigenvalue weighted by Gasteiger charge is -2.14. The van der Waals surface area contributed by atoms with Gasteiger partial charge in [-0.25, -0.2) is 4.98 Å². The third-order valence-corrected chi connectivity index (χ3v) is 3.33. The molecule has 24 heavy (non-hydrogen) atoms. The summed E-state index contributed by atoms with van der Waals surface area (Å²) >= 11 is 0. The highest BCUT2D eigenvalue weighted by Gasteiger charge is 2.04. The number of para-hydroxylation sites is 1. The van der Waals surface area contributed by atoms with Gasteiger partial charge in [0.1, 0.15) is 5.75 Å². The second-order valence-electron chi connectivity index (χ2n) is 4.80. The Bertz CT molecular complexity index is 665. The van der Waals surface area contributed by atoms with Crippen LogP contribution < -0.4 is 20.1 Å². The average molecular weight is 442 g/mol. The number of hydrogen-bond acceptors (Lipinski definition) is 4. The monoisotopic (exact) mass is 442 g/mol. The molecule has 0 fully saturated rings. The molecule has 0 radical (unpaired) electrons. The number of hydrogen-bond donors (Lipinski definition) is 2. The van der Waals surface area contributed by atoms with Crippen LogP contribution >= 0.6 is 24.0 Å². The van der Waals surface area contributed by atoms with Crippen LogP contribution in [0.4, 0.5) is 0 Å². The molecule has 0 atom stereocenters. The van der Waals surface area contributed by atoms with Crippen molar-refractivity contribution in [3.05, 3.63) is 53.7 Å². The molecule has 0 aliphatic heterocycles. The number of aliphatic imine (C=N–C) groups is 1. The molecule has 0 spiro atoms. The molecule has 1 heterocycles. The van der Waals surface area contributed by atoms with Crippen molar-refractivity contribution in [1.29, 1.82) is 0 Å². The maximum absolute atomic E-state index is 5.34. The SMILES string of the molecule is CN=C(NCc1ccnc(OC)c1)NCc1ccccc1OC.I. The summed E-state index contributed by atoms with van der Waals surface area (Å²) in [6.07, 6.45) is 1.72. The normalized spacial score (nSPS) is 10.5. The summed E-state index contributed by atoms with van der Waals surface area (Å²) in [6.45, 7) is 1.26. The number of guanidine groups is 1. The van der Waals surface area contributed by atoms with Crippen molar-refractivity contribution in [2.45, 2.75) is 13.1 Å². The molecule has 6 nitrogen and oxygen atoms in total. The molecule has 0 saturated carbocycles. The molecule has 0 bridgehead atoms. The molecule has 2 N–H and O–H groups in total. The van der Waals surface area contributed by atoms with Gasteiger partial charge in [0, 0.05) is 38.0 Å². The lowest BCUT2D eigenvalue weighted by atomic mass is 10.2. The Balaban J connectivity index is 0.00000288. The number of methoxy groups -OCH3 is 2. The van der Waals surface area contributed by atoms with E-state index < -0.39 is 0 Å². The lowest BCUT2D eigenvalue weighted by Crippen LogP contribution is -2.36. The smallest absolute Gasteiger partial charge is 0.213 e. The van der Waals surface area contributed by atoms with E-state index in [1.54, 1.807) is 27.5 Å². The molecule has 1 aromatic carbocycles. The summed E-state index contributed by atoms with van der Waals surface area (Å²) in [5, 5.41) is 6.53. The molecule has 0 unspecified atom stereocenters. The Morgan fingerprint density at radius 2 is 1.83 bits per heavy atom. The third kappa shape index (κ3) is 5.88. The van der Waals surface area contributed by atoms with E-state index in [9.17, 15) is 0 Å². The number of halogens is 1. The van der Waals surface area contributed by atoms with Gasteiger partial charge in [0.25, 0.3) is 0 Å². The van der Waals surface area contributed by atoms with Gasteiger partial charge in [-0.1, -0.05) is 18.2 Å². The Kier molecular flexibility index (Phi) is 8.92. The summed E-state index contributed by atoms with van der Waals surface area (Å²) < 4.78 is 10.5. The van der Waals surface area contributed by atoms with Crippen molar-refractivity contribution >= 4 is 29.9 Å². The fourth-order valence-corrected chi connectivity index (χ4v) is 2.11. The molecule has 7 heteroatoms. The quantitative estimate of drug-likeness (QED) is 0.409. The van der Waals surface area contributed by atoms with E-state index in [4.69, 9.17) is 9.47 Å². The van der Waals surface area contributed by atoms with E-state index in [2.05, 4.69) is 20.6 Å². The second kappa shape index (κ2) is 10.7. The molecular formula is C17H23IN4O2. The van der Waals surface area contributed by atoms with E-state index >= 15 is 0 Å². The Morgan fingerprint density at radius 3 is 2.54 bits per heavy atom. The third-order valence-electron chi connectivity index (χ3n) is 3.33. The Labute approximate surface area is 159 Å². The van der Waals surface area contributed by atoms with Gasteiger partial charge < -0.3 is 20.1 Å². The van der Waals surface area contributed by atoms with Crippen LogP contribution in [0.5, 0.6) is 11.6 Å². The zero-order valence-electron chi connectivity index (χ0n) is 14.1. The van der Waals surface area contributed by atoms with Gasteiger partial charge in [0.2, 0.25) is 5.88 Å². The molecular weight excluding hydrogens is 419 g/mol. The highest BCUT2D eigenvalue weighted by Crippen LogP contribution is 2.16. The van der Waals surface area contributed by atoms with Crippen LogP contribution in [0.2, 0.25) is 0 Å². The fraction of sp³-hybridized carbons (Fsp3) is 0.294. The van der Waals surface area contributed by atoms with Crippen molar-refractivity contribution in [3.8, 4) is 11.6 Å². The highest BCUT2D eigenvalue weighted by atomic mass is 127. The minimum absolute atomic E-state index is 0. The van der Waals surface area contributed by atoms with Crippen LogP contribution in [-0.2, 0) is 13.1 Å². The maximum atomic E-state index is 5.34. The Morgan fingerprint density at radius 1 is 1.08 bits per heavy atom. The van der Waals surface area contributed by atoms with Crippen molar-refractivity contribution < 1.29 is 9.47 Å². The van der Waals surface area contributed by atoms with Crippen LogP contribution in [0, 0.1) is 0 Å². The van der Waals surface area contributed by atoms with Crippen LogP contribution in [0.15, 0.2) is 47.6 Å². The van der Waals surface area contributed by atoms with Crippen LogP contribution in [0.25, 0.3) is 0 Å². The van der Waals surface area contributed by atoms with Gasteiger partial charge in [-0.15, -0.1) is 24.0 Å². The number of nitrogens with one attached hydrogen (secondary N) is 2. The minimum Gasteiger partial charge on any atom is -0.496 e. The van der Waals surface area contributed by atoms with Gasteiger partial charge in [-0.2, -0.15) is 0 Å². The second-order valence-corrected chi connectivity index (χ2v) is 4.80. The van der Waals surface area contributed by atoms with Crippen molar-refractivity contribution in [1.82, 2.24) is 15.6 Å². The predicted octanol–water partition coefficient (Wildman–Crippen LogP) is 2.58. The lowest BCUT2D eigenvalue weighted by molar-refractivity contribution is 0.397. The molecule has 2 aromatic rings. The first-order valence-electron chi connectivity index (χ1n) is 7.32. The first-order chi connectivity index (χ1) is 11.3. The van der Waals surface area contributed by atoms with Crippen LogP contribution in [-0.4, -0.2) is 32.2 Å². The van der Waals surface area contributed by atoms with Gasteiger partial charge in [0.15, 0.2) is 5.96 Å². The standard InChI is InChI=1S/C17H22N4O2.HI/c1-18-17(20-11-13-8-9-19-16(10-13)23-3)21-12-14-6-4-5-7-15(14)22-2;/h4-10H,11-12H2,1-3H3,(H2,18,20,21);1H. The molecule has 1 aromatic heterocycles. The van der Waals surface area contributed by atoms with Gasteiger partial charge in [-0.05, 0) is 17.7 Å². The van der Waals surface area contributed by atoms with E-state index in [1.807, 2.05) is 36.4 Å².